The molecule has 0 radical (unpaired) electrons. The van der Waals surface area contributed by atoms with Crippen molar-refractivity contribution in [2.45, 2.75) is 13.8 Å². The van der Waals surface area contributed by atoms with Crippen LogP contribution < -0.4 is 19.5 Å². The fourth-order valence-corrected chi connectivity index (χ4v) is 2.56. The molecule has 0 aliphatic carbocycles. The van der Waals surface area contributed by atoms with Gasteiger partial charge in [0, 0.05) is 18.2 Å². The summed E-state index contributed by atoms with van der Waals surface area (Å²) in [6.07, 6.45) is 0. The number of ether oxygens (including phenoxy) is 3. The van der Waals surface area contributed by atoms with Gasteiger partial charge in [-0.15, -0.1) is 0 Å². The number of carbonyl (C=O) groups is 2. The van der Waals surface area contributed by atoms with Gasteiger partial charge in [-0.05, 0) is 79.7 Å². The molecule has 0 unspecified atom stereocenters. The maximum atomic E-state index is 12.3. The van der Waals surface area contributed by atoms with Gasteiger partial charge < -0.3 is 19.5 Å². The van der Waals surface area contributed by atoms with Gasteiger partial charge in [-0.2, -0.15) is 0 Å². The minimum Gasteiger partial charge on any atom is -0.494 e. The van der Waals surface area contributed by atoms with Crippen LogP contribution in [0.4, 0.5) is 5.69 Å². The molecule has 3 aromatic rings. The standard InChI is InChI=1S/C23H21NO5/c1-3-27-19-12-14-22(15-13-19)29-21-10-6-18(7-11-21)24-23(26)17-4-8-20(9-5-17)28-16(2)25/h4-15H,3H2,1-2H3,(H,24,26). The Morgan fingerprint density at radius 2 is 1.28 bits per heavy atom. The van der Waals surface area contributed by atoms with Crippen LogP contribution in [0.5, 0.6) is 23.0 Å². The van der Waals surface area contributed by atoms with Crippen molar-refractivity contribution in [2.24, 2.45) is 0 Å². The summed E-state index contributed by atoms with van der Waals surface area (Å²) in [6.45, 7) is 3.87. The topological polar surface area (TPSA) is 73.9 Å². The molecule has 148 valence electrons. The van der Waals surface area contributed by atoms with Crippen LogP contribution in [0.25, 0.3) is 0 Å². The highest BCUT2D eigenvalue weighted by Crippen LogP contribution is 2.25. The molecular weight excluding hydrogens is 370 g/mol. The molecule has 0 aliphatic rings. The van der Waals surface area contributed by atoms with Crippen molar-refractivity contribution in [1.82, 2.24) is 0 Å². The number of anilines is 1. The SMILES string of the molecule is CCOc1ccc(Oc2ccc(NC(=O)c3ccc(OC(C)=O)cc3)cc2)cc1. The lowest BCUT2D eigenvalue weighted by atomic mass is 10.2. The molecule has 0 saturated carbocycles. The number of rotatable bonds is 7. The number of esters is 1. The second kappa shape index (κ2) is 9.41. The predicted octanol–water partition coefficient (Wildman–Crippen LogP) is 5.06. The van der Waals surface area contributed by atoms with Gasteiger partial charge in [-0.25, -0.2) is 0 Å². The van der Waals surface area contributed by atoms with Gasteiger partial charge >= 0.3 is 5.97 Å². The van der Waals surface area contributed by atoms with Crippen LogP contribution >= 0.6 is 0 Å². The Hall–Kier alpha value is -3.80. The quantitative estimate of drug-likeness (QED) is 0.450. The third-order valence-corrected chi connectivity index (χ3v) is 3.86. The lowest BCUT2D eigenvalue weighted by Crippen LogP contribution is -2.11. The Morgan fingerprint density at radius 1 is 0.759 bits per heavy atom. The van der Waals surface area contributed by atoms with E-state index in [-0.39, 0.29) is 5.91 Å². The molecule has 0 bridgehead atoms. The molecule has 29 heavy (non-hydrogen) atoms. The maximum absolute atomic E-state index is 12.3. The van der Waals surface area contributed by atoms with Gasteiger partial charge in [0.1, 0.15) is 23.0 Å². The Labute approximate surface area is 169 Å². The van der Waals surface area contributed by atoms with Gasteiger partial charge in [0.15, 0.2) is 0 Å². The van der Waals surface area contributed by atoms with E-state index in [0.717, 1.165) is 5.75 Å². The summed E-state index contributed by atoms with van der Waals surface area (Å²) in [4.78, 5) is 23.3. The van der Waals surface area contributed by atoms with Crippen molar-refractivity contribution in [3.8, 4) is 23.0 Å². The maximum Gasteiger partial charge on any atom is 0.308 e. The van der Waals surface area contributed by atoms with Crippen LogP contribution in [0.3, 0.4) is 0 Å². The third-order valence-electron chi connectivity index (χ3n) is 3.86. The highest BCUT2D eigenvalue weighted by atomic mass is 16.5. The van der Waals surface area contributed by atoms with E-state index >= 15 is 0 Å². The molecule has 0 aliphatic heterocycles. The van der Waals surface area contributed by atoms with Crippen LogP contribution in [-0.4, -0.2) is 18.5 Å². The summed E-state index contributed by atoms with van der Waals surface area (Å²) in [7, 11) is 0. The zero-order chi connectivity index (χ0) is 20.6. The van der Waals surface area contributed by atoms with Crippen LogP contribution in [0.15, 0.2) is 72.8 Å². The second-order valence-corrected chi connectivity index (χ2v) is 6.10. The van der Waals surface area contributed by atoms with E-state index in [1.54, 1.807) is 48.5 Å². The summed E-state index contributed by atoms with van der Waals surface area (Å²) in [5.41, 5.74) is 1.09. The van der Waals surface area contributed by atoms with Crippen molar-refractivity contribution in [3.05, 3.63) is 78.4 Å². The van der Waals surface area contributed by atoms with Crippen molar-refractivity contribution < 1.29 is 23.8 Å². The number of nitrogens with one attached hydrogen (secondary N) is 1. The Kier molecular flexibility index (Phi) is 6.47. The molecule has 0 heterocycles. The van der Waals surface area contributed by atoms with Crippen LogP contribution in [0, 0.1) is 0 Å². The first-order chi connectivity index (χ1) is 14.0. The fraction of sp³-hybridized carbons (Fsp3) is 0.130. The molecule has 0 fully saturated rings. The third kappa shape index (κ3) is 5.84. The van der Waals surface area contributed by atoms with Gasteiger partial charge in [-0.3, -0.25) is 9.59 Å². The molecule has 1 N–H and O–H groups in total. The average Bonchev–Trinajstić information content (AvgIpc) is 2.71. The van der Waals surface area contributed by atoms with Crippen LogP contribution in [0.2, 0.25) is 0 Å². The fourth-order valence-electron chi connectivity index (χ4n) is 2.56. The first kappa shape index (κ1) is 19.9. The Bertz CT molecular complexity index is 964. The summed E-state index contributed by atoms with van der Waals surface area (Å²) in [5, 5.41) is 2.81. The van der Waals surface area contributed by atoms with E-state index in [1.165, 1.54) is 6.92 Å². The Morgan fingerprint density at radius 3 is 1.83 bits per heavy atom. The molecule has 6 heteroatoms. The van der Waals surface area contributed by atoms with Crippen molar-refractivity contribution >= 4 is 17.6 Å². The molecule has 0 spiro atoms. The molecule has 1 amide bonds. The average molecular weight is 391 g/mol. The summed E-state index contributed by atoms with van der Waals surface area (Å²) in [5.74, 6) is 1.86. The first-order valence-electron chi connectivity index (χ1n) is 9.14. The number of carbonyl (C=O) groups excluding carboxylic acids is 2. The van der Waals surface area contributed by atoms with Crippen LogP contribution in [-0.2, 0) is 4.79 Å². The lowest BCUT2D eigenvalue weighted by molar-refractivity contribution is -0.131. The highest BCUT2D eigenvalue weighted by molar-refractivity contribution is 6.04. The molecule has 3 aromatic carbocycles. The summed E-state index contributed by atoms with van der Waals surface area (Å²) >= 11 is 0. The second-order valence-electron chi connectivity index (χ2n) is 6.10. The van der Waals surface area contributed by atoms with E-state index in [0.29, 0.717) is 35.1 Å². The zero-order valence-electron chi connectivity index (χ0n) is 16.2. The van der Waals surface area contributed by atoms with E-state index in [1.807, 2.05) is 31.2 Å². The lowest BCUT2D eigenvalue weighted by Gasteiger charge is -2.09. The molecule has 0 atom stereocenters. The number of hydrogen-bond donors (Lipinski definition) is 1. The van der Waals surface area contributed by atoms with Gasteiger partial charge in [0.25, 0.3) is 5.91 Å². The summed E-state index contributed by atoms with van der Waals surface area (Å²) < 4.78 is 16.2. The zero-order valence-corrected chi connectivity index (χ0v) is 16.2. The van der Waals surface area contributed by atoms with E-state index in [4.69, 9.17) is 14.2 Å². The van der Waals surface area contributed by atoms with Crippen LogP contribution in [0.1, 0.15) is 24.2 Å². The van der Waals surface area contributed by atoms with Crippen molar-refractivity contribution in [1.29, 1.82) is 0 Å². The minimum atomic E-state index is -0.408. The predicted molar refractivity (Wildman–Crippen MR) is 110 cm³/mol. The van der Waals surface area contributed by atoms with Crippen molar-refractivity contribution in [2.75, 3.05) is 11.9 Å². The first-order valence-corrected chi connectivity index (χ1v) is 9.14. The van der Waals surface area contributed by atoms with Gasteiger partial charge in [0.2, 0.25) is 0 Å². The summed E-state index contributed by atoms with van der Waals surface area (Å²) in [6, 6.07) is 20.8. The Balaban J connectivity index is 1.58. The number of amides is 1. The van der Waals surface area contributed by atoms with E-state index in [9.17, 15) is 9.59 Å². The van der Waals surface area contributed by atoms with E-state index < -0.39 is 5.97 Å². The minimum absolute atomic E-state index is 0.264. The number of hydrogen-bond acceptors (Lipinski definition) is 5. The smallest absolute Gasteiger partial charge is 0.308 e. The molecule has 3 rings (SSSR count). The van der Waals surface area contributed by atoms with Crippen molar-refractivity contribution in [3.63, 3.8) is 0 Å². The number of benzene rings is 3. The molecule has 0 saturated heterocycles. The van der Waals surface area contributed by atoms with E-state index in [2.05, 4.69) is 5.32 Å². The van der Waals surface area contributed by atoms with Gasteiger partial charge in [0.05, 0.1) is 6.61 Å². The normalized spacial score (nSPS) is 10.1. The molecule has 6 nitrogen and oxygen atoms in total. The largest absolute Gasteiger partial charge is 0.494 e. The molecule has 0 aromatic heterocycles. The molecular formula is C23H21NO5. The highest BCUT2D eigenvalue weighted by Gasteiger charge is 2.07. The van der Waals surface area contributed by atoms with Gasteiger partial charge in [-0.1, -0.05) is 0 Å². The monoisotopic (exact) mass is 391 g/mol.